The predicted octanol–water partition coefficient (Wildman–Crippen LogP) is 3.98. The standard InChI is InChI=1S/C25H32FN3O2/c1-28(21-8-3-2-4-9-21)25(30)18-29-13-14-31-24(17-29)23-12-11-19(16-27-23)15-20-7-5-6-10-22(20)26/h5-7,10-12,16,21,24H,2-4,8-9,13-15,17-18H2,1H3. The fourth-order valence-electron chi connectivity index (χ4n) is 4.59. The van der Waals surface area contributed by atoms with E-state index in [2.05, 4.69) is 9.88 Å². The van der Waals surface area contributed by atoms with Gasteiger partial charge >= 0.3 is 0 Å². The van der Waals surface area contributed by atoms with Crippen LogP contribution in [-0.2, 0) is 16.0 Å². The fourth-order valence-corrected chi connectivity index (χ4v) is 4.59. The molecule has 1 aromatic carbocycles. The van der Waals surface area contributed by atoms with Crippen LogP contribution in [0.2, 0.25) is 0 Å². The number of aromatic nitrogens is 1. The van der Waals surface area contributed by atoms with Crippen LogP contribution in [0, 0.1) is 5.82 Å². The van der Waals surface area contributed by atoms with E-state index in [9.17, 15) is 9.18 Å². The summed E-state index contributed by atoms with van der Waals surface area (Å²) in [6.07, 6.45) is 8.14. The normalized spacial score (nSPS) is 20.5. The molecule has 166 valence electrons. The highest BCUT2D eigenvalue weighted by atomic mass is 19.1. The zero-order valence-corrected chi connectivity index (χ0v) is 18.3. The largest absolute Gasteiger partial charge is 0.369 e. The summed E-state index contributed by atoms with van der Waals surface area (Å²) in [4.78, 5) is 21.5. The molecule has 0 radical (unpaired) electrons. The van der Waals surface area contributed by atoms with Gasteiger partial charge in [0.25, 0.3) is 0 Å². The Morgan fingerprint density at radius 3 is 2.74 bits per heavy atom. The van der Waals surface area contributed by atoms with Crippen molar-refractivity contribution in [2.75, 3.05) is 33.3 Å². The number of carbonyl (C=O) groups excluding carboxylic acids is 1. The molecule has 2 fully saturated rings. The first kappa shape index (κ1) is 21.9. The number of morpholine rings is 1. The molecular weight excluding hydrogens is 393 g/mol. The van der Waals surface area contributed by atoms with Gasteiger partial charge in [-0.25, -0.2) is 4.39 Å². The summed E-state index contributed by atoms with van der Waals surface area (Å²) < 4.78 is 19.8. The molecule has 1 amide bonds. The highest BCUT2D eigenvalue weighted by Gasteiger charge is 2.27. The Hall–Kier alpha value is -2.31. The number of ether oxygens (including phenoxy) is 1. The molecule has 1 aliphatic carbocycles. The predicted molar refractivity (Wildman–Crippen MR) is 118 cm³/mol. The van der Waals surface area contributed by atoms with Crippen LogP contribution in [0.5, 0.6) is 0 Å². The van der Waals surface area contributed by atoms with Gasteiger partial charge in [-0.2, -0.15) is 0 Å². The first-order chi connectivity index (χ1) is 15.1. The Morgan fingerprint density at radius 1 is 1.19 bits per heavy atom. The van der Waals surface area contributed by atoms with Crippen molar-refractivity contribution in [1.82, 2.24) is 14.8 Å². The van der Waals surface area contributed by atoms with Crippen molar-refractivity contribution in [3.8, 4) is 0 Å². The lowest BCUT2D eigenvalue weighted by atomic mass is 9.94. The fraction of sp³-hybridized carbons (Fsp3) is 0.520. The lowest BCUT2D eigenvalue weighted by Crippen LogP contribution is -2.47. The van der Waals surface area contributed by atoms with Gasteiger partial charge in [-0.1, -0.05) is 43.5 Å². The molecule has 0 spiro atoms. The number of amides is 1. The Labute approximate surface area is 184 Å². The third kappa shape index (κ3) is 5.69. The van der Waals surface area contributed by atoms with Crippen LogP contribution < -0.4 is 0 Å². The molecule has 0 N–H and O–H groups in total. The van der Waals surface area contributed by atoms with E-state index < -0.39 is 0 Å². The molecule has 2 aliphatic rings. The maximum atomic E-state index is 13.9. The van der Waals surface area contributed by atoms with Crippen molar-refractivity contribution in [2.24, 2.45) is 0 Å². The Bertz CT molecular complexity index is 867. The summed E-state index contributed by atoms with van der Waals surface area (Å²) in [6, 6.07) is 11.2. The second-order valence-corrected chi connectivity index (χ2v) is 8.75. The van der Waals surface area contributed by atoms with E-state index in [1.165, 1.54) is 25.3 Å². The monoisotopic (exact) mass is 425 g/mol. The number of carbonyl (C=O) groups is 1. The van der Waals surface area contributed by atoms with Gasteiger partial charge in [0.05, 0.1) is 18.8 Å². The summed E-state index contributed by atoms with van der Waals surface area (Å²) >= 11 is 0. The third-order valence-corrected chi connectivity index (χ3v) is 6.56. The number of hydrogen-bond donors (Lipinski definition) is 0. The van der Waals surface area contributed by atoms with Gasteiger partial charge in [0.15, 0.2) is 0 Å². The average molecular weight is 426 g/mol. The van der Waals surface area contributed by atoms with Crippen molar-refractivity contribution in [3.05, 3.63) is 65.2 Å². The molecule has 2 heterocycles. The first-order valence-corrected chi connectivity index (χ1v) is 11.4. The highest BCUT2D eigenvalue weighted by molar-refractivity contribution is 5.78. The Kier molecular flexibility index (Phi) is 7.30. The maximum absolute atomic E-state index is 13.9. The average Bonchev–Trinajstić information content (AvgIpc) is 2.81. The summed E-state index contributed by atoms with van der Waals surface area (Å²) in [5.74, 6) is 0.00133. The number of rotatable bonds is 6. The van der Waals surface area contributed by atoms with Crippen molar-refractivity contribution in [2.45, 2.75) is 50.7 Å². The van der Waals surface area contributed by atoms with Gasteiger partial charge in [-0.3, -0.25) is 14.7 Å². The van der Waals surface area contributed by atoms with Gasteiger partial charge in [0.1, 0.15) is 11.9 Å². The van der Waals surface area contributed by atoms with Crippen molar-refractivity contribution >= 4 is 5.91 Å². The van der Waals surface area contributed by atoms with Gasteiger partial charge < -0.3 is 9.64 Å². The van der Waals surface area contributed by atoms with E-state index >= 15 is 0 Å². The topological polar surface area (TPSA) is 45.7 Å². The van der Waals surface area contributed by atoms with Crippen LogP contribution in [0.25, 0.3) is 0 Å². The smallest absolute Gasteiger partial charge is 0.236 e. The number of benzene rings is 1. The first-order valence-electron chi connectivity index (χ1n) is 11.4. The number of nitrogens with zero attached hydrogens (tertiary/aromatic N) is 3. The van der Waals surface area contributed by atoms with E-state index in [4.69, 9.17) is 4.74 Å². The second-order valence-electron chi connectivity index (χ2n) is 8.75. The van der Waals surface area contributed by atoms with Gasteiger partial charge in [-0.15, -0.1) is 0 Å². The minimum atomic E-state index is -0.194. The zero-order valence-electron chi connectivity index (χ0n) is 18.3. The molecule has 1 saturated heterocycles. The Morgan fingerprint density at radius 2 is 2.00 bits per heavy atom. The van der Waals surface area contributed by atoms with E-state index in [1.54, 1.807) is 18.3 Å². The van der Waals surface area contributed by atoms with Crippen molar-refractivity contribution < 1.29 is 13.9 Å². The molecule has 0 bridgehead atoms. The van der Waals surface area contributed by atoms with Crippen molar-refractivity contribution in [1.29, 1.82) is 0 Å². The molecule has 2 aromatic rings. The second kappa shape index (κ2) is 10.3. The maximum Gasteiger partial charge on any atom is 0.236 e. The quantitative estimate of drug-likeness (QED) is 0.703. The molecule has 4 rings (SSSR count). The molecule has 1 saturated carbocycles. The van der Waals surface area contributed by atoms with E-state index in [0.717, 1.165) is 30.6 Å². The van der Waals surface area contributed by atoms with Crippen LogP contribution >= 0.6 is 0 Å². The van der Waals surface area contributed by atoms with E-state index in [-0.39, 0.29) is 17.8 Å². The lowest BCUT2D eigenvalue weighted by Gasteiger charge is -2.35. The molecular formula is C25H32FN3O2. The molecule has 1 unspecified atom stereocenters. The summed E-state index contributed by atoms with van der Waals surface area (Å²) in [5, 5.41) is 0. The molecule has 5 nitrogen and oxygen atoms in total. The molecule has 1 aliphatic heterocycles. The third-order valence-electron chi connectivity index (χ3n) is 6.56. The SMILES string of the molecule is CN(C(=O)CN1CCOC(c2ccc(Cc3ccccc3F)cn2)C1)C1CCCCC1. The molecule has 6 heteroatoms. The van der Waals surface area contributed by atoms with Gasteiger partial charge in [0.2, 0.25) is 5.91 Å². The minimum absolute atomic E-state index is 0.149. The lowest BCUT2D eigenvalue weighted by molar-refractivity contribution is -0.135. The minimum Gasteiger partial charge on any atom is -0.369 e. The summed E-state index contributed by atoms with van der Waals surface area (Å²) in [5.41, 5.74) is 2.48. The Balaban J connectivity index is 1.32. The van der Waals surface area contributed by atoms with Crippen LogP contribution in [-0.4, -0.2) is 60.0 Å². The van der Waals surface area contributed by atoms with Gasteiger partial charge in [0, 0.05) is 38.8 Å². The molecule has 31 heavy (non-hydrogen) atoms. The summed E-state index contributed by atoms with van der Waals surface area (Å²) in [6.45, 7) is 2.43. The molecule has 1 atom stereocenters. The van der Waals surface area contributed by atoms with Gasteiger partial charge in [-0.05, 0) is 36.1 Å². The zero-order chi connectivity index (χ0) is 21.6. The van der Waals surface area contributed by atoms with Crippen LogP contribution in [0.1, 0.15) is 55.0 Å². The molecule has 1 aromatic heterocycles. The number of pyridine rings is 1. The number of halogens is 1. The number of likely N-dealkylation sites (N-methyl/N-ethyl adjacent to an activating group) is 1. The highest BCUT2D eigenvalue weighted by Crippen LogP contribution is 2.24. The van der Waals surface area contributed by atoms with Crippen LogP contribution in [0.3, 0.4) is 0 Å². The summed E-state index contributed by atoms with van der Waals surface area (Å²) in [7, 11) is 1.95. The number of hydrogen-bond acceptors (Lipinski definition) is 4. The van der Waals surface area contributed by atoms with Crippen LogP contribution in [0.15, 0.2) is 42.6 Å². The van der Waals surface area contributed by atoms with Crippen molar-refractivity contribution in [3.63, 3.8) is 0 Å². The van der Waals surface area contributed by atoms with E-state index in [1.807, 2.05) is 30.1 Å². The van der Waals surface area contributed by atoms with E-state index in [0.29, 0.717) is 37.7 Å². The van der Waals surface area contributed by atoms with Crippen LogP contribution in [0.4, 0.5) is 4.39 Å².